The molecule has 0 aliphatic carbocycles. The molecule has 0 spiro atoms. The van der Waals surface area contributed by atoms with Crippen LogP contribution in [-0.4, -0.2) is 6.04 Å². The van der Waals surface area contributed by atoms with Gasteiger partial charge in [0.15, 0.2) is 0 Å². The molecule has 0 aromatic rings. The lowest BCUT2D eigenvalue weighted by atomic mass is 9.98. The van der Waals surface area contributed by atoms with Crippen LogP contribution in [0.1, 0.15) is 33.1 Å². The van der Waals surface area contributed by atoms with Crippen LogP contribution in [0, 0.1) is 5.92 Å². The van der Waals surface area contributed by atoms with Gasteiger partial charge in [-0.3, -0.25) is 0 Å². The summed E-state index contributed by atoms with van der Waals surface area (Å²) in [7, 11) is 0. The van der Waals surface area contributed by atoms with Gasteiger partial charge in [0.2, 0.25) is 0 Å². The molecule has 0 amide bonds. The fourth-order valence-electron chi connectivity index (χ4n) is 0.994. The van der Waals surface area contributed by atoms with E-state index in [0.717, 1.165) is 18.8 Å². The van der Waals surface area contributed by atoms with Crippen molar-refractivity contribution >= 4 is 0 Å². The number of hydrogen-bond acceptors (Lipinski definition) is 1. The molecular weight excluding hydrogens is 122 g/mol. The van der Waals surface area contributed by atoms with Crippen LogP contribution in [0.25, 0.3) is 0 Å². The summed E-state index contributed by atoms with van der Waals surface area (Å²) < 4.78 is 0. The van der Waals surface area contributed by atoms with Gasteiger partial charge in [-0.15, -0.1) is 6.58 Å². The van der Waals surface area contributed by atoms with Crippen LogP contribution in [0.4, 0.5) is 0 Å². The Balaban J connectivity index is 3.35. The quantitative estimate of drug-likeness (QED) is 0.584. The first-order valence-electron chi connectivity index (χ1n) is 4.07. The van der Waals surface area contributed by atoms with Crippen molar-refractivity contribution in [2.75, 3.05) is 0 Å². The molecule has 0 heterocycles. The van der Waals surface area contributed by atoms with Gasteiger partial charge in [0, 0.05) is 6.04 Å². The van der Waals surface area contributed by atoms with Crippen LogP contribution in [0.2, 0.25) is 0 Å². The molecule has 2 N–H and O–H groups in total. The molecule has 0 aliphatic rings. The van der Waals surface area contributed by atoms with Crippen LogP contribution in [0.5, 0.6) is 0 Å². The Hall–Kier alpha value is -0.300. The minimum absolute atomic E-state index is 0.326. The third-order valence-corrected chi connectivity index (χ3v) is 1.87. The smallest absolute Gasteiger partial charge is 0.00758 e. The zero-order valence-electron chi connectivity index (χ0n) is 7.14. The molecule has 0 bridgehead atoms. The summed E-state index contributed by atoms with van der Waals surface area (Å²) in [4.78, 5) is 0. The van der Waals surface area contributed by atoms with Crippen LogP contribution in [0.15, 0.2) is 12.7 Å². The second-order valence-electron chi connectivity index (χ2n) is 3.03. The van der Waals surface area contributed by atoms with Gasteiger partial charge >= 0.3 is 0 Å². The van der Waals surface area contributed by atoms with E-state index in [-0.39, 0.29) is 0 Å². The third kappa shape index (κ3) is 4.57. The molecule has 1 heteroatoms. The van der Waals surface area contributed by atoms with E-state index in [1.165, 1.54) is 6.42 Å². The zero-order chi connectivity index (χ0) is 7.98. The molecule has 0 aromatic carbocycles. The second-order valence-corrected chi connectivity index (χ2v) is 3.03. The van der Waals surface area contributed by atoms with E-state index in [4.69, 9.17) is 5.73 Å². The first kappa shape index (κ1) is 9.70. The van der Waals surface area contributed by atoms with E-state index in [1.54, 1.807) is 0 Å². The lowest BCUT2D eigenvalue weighted by Crippen LogP contribution is -2.21. The molecule has 0 aromatic heterocycles. The Kier molecular flexibility index (Phi) is 5.32. The van der Waals surface area contributed by atoms with Crippen molar-refractivity contribution in [3.05, 3.63) is 12.7 Å². The summed E-state index contributed by atoms with van der Waals surface area (Å²) in [6.45, 7) is 8.09. The van der Waals surface area contributed by atoms with Gasteiger partial charge in [0.1, 0.15) is 0 Å². The molecule has 0 aliphatic heterocycles. The fourth-order valence-corrected chi connectivity index (χ4v) is 0.994. The van der Waals surface area contributed by atoms with E-state index < -0.39 is 0 Å². The van der Waals surface area contributed by atoms with Crippen molar-refractivity contribution in [2.24, 2.45) is 11.7 Å². The summed E-state index contributed by atoms with van der Waals surface area (Å²) in [5.41, 5.74) is 5.79. The molecule has 2 unspecified atom stereocenters. The monoisotopic (exact) mass is 141 g/mol. The van der Waals surface area contributed by atoms with Crippen molar-refractivity contribution in [1.29, 1.82) is 0 Å². The Labute approximate surface area is 64.3 Å². The Bertz CT molecular complexity index is 88.7. The highest BCUT2D eigenvalue weighted by atomic mass is 14.6. The fraction of sp³-hybridized carbons (Fsp3) is 0.778. The Morgan fingerprint density at radius 2 is 2.20 bits per heavy atom. The third-order valence-electron chi connectivity index (χ3n) is 1.87. The summed E-state index contributed by atoms with van der Waals surface area (Å²) in [6.07, 6.45) is 5.20. The summed E-state index contributed by atoms with van der Waals surface area (Å²) in [5.74, 6) is 0.759. The first-order valence-corrected chi connectivity index (χ1v) is 4.07. The van der Waals surface area contributed by atoms with Gasteiger partial charge in [-0.05, 0) is 18.8 Å². The lowest BCUT2D eigenvalue weighted by molar-refractivity contribution is 0.454. The number of rotatable bonds is 5. The standard InChI is InChI=1S/C9H19N/c1-4-6-9(10)7-8(3)5-2/h4,8-9H,1,5-7,10H2,2-3H3. The molecule has 0 saturated carbocycles. The maximum absolute atomic E-state index is 5.79. The first-order chi connectivity index (χ1) is 4.70. The van der Waals surface area contributed by atoms with Crippen LogP contribution < -0.4 is 5.73 Å². The van der Waals surface area contributed by atoms with Crippen molar-refractivity contribution < 1.29 is 0 Å². The molecule has 0 rings (SSSR count). The summed E-state index contributed by atoms with van der Waals surface area (Å²) >= 11 is 0. The van der Waals surface area contributed by atoms with Gasteiger partial charge in [-0.2, -0.15) is 0 Å². The topological polar surface area (TPSA) is 26.0 Å². The predicted molar refractivity (Wildman–Crippen MR) is 46.9 cm³/mol. The molecular formula is C9H19N. The van der Waals surface area contributed by atoms with Gasteiger partial charge in [-0.1, -0.05) is 26.3 Å². The molecule has 60 valence electrons. The summed E-state index contributed by atoms with van der Waals surface area (Å²) in [5, 5.41) is 0. The maximum Gasteiger partial charge on any atom is 0.00758 e. The SMILES string of the molecule is C=CCC(N)CC(C)CC. The zero-order valence-corrected chi connectivity index (χ0v) is 7.14. The normalized spacial score (nSPS) is 16.3. The van der Waals surface area contributed by atoms with E-state index in [1.807, 2.05) is 6.08 Å². The van der Waals surface area contributed by atoms with Crippen LogP contribution in [0.3, 0.4) is 0 Å². The second kappa shape index (κ2) is 5.48. The number of nitrogens with two attached hydrogens (primary N) is 1. The largest absolute Gasteiger partial charge is 0.327 e. The van der Waals surface area contributed by atoms with E-state index in [2.05, 4.69) is 20.4 Å². The highest BCUT2D eigenvalue weighted by molar-refractivity contribution is 4.76. The van der Waals surface area contributed by atoms with Crippen molar-refractivity contribution in [1.82, 2.24) is 0 Å². The molecule has 10 heavy (non-hydrogen) atoms. The number of hydrogen-bond donors (Lipinski definition) is 1. The minimum Gasteiger partial charge on any atom is -0.327 e. The van der Waals surface area contributed by atoms with Crippen LogP contribution in [-0.2, 0) is 0 Å². The summed E-state index contributed by atoms with van der Waals surface area (Å²) in [6, 6.07) is 0.326. The Morgan fingerprint density at radius 1 is 1.60 bits per heavy atom. The highest BCUT2D eigenvalue weighted by Crippen LogP contribution is 2.10. The average molecular weight is 141 g/mol. The van der Waals surface area contributed by atoms with Gasteiger partial charge in [-0.25, -0.2) is 0 Å². The van der Waals surface area contributed by atoms with E-state index in [9.17, 15) is 0 Å². The average Bonchev–Trinajstić information content (AvgIpc) is 1.88. The van der Waals surface area contributed by atoms with Crippen molar-refractivity contribution in [3.63, 3.8) is 0 Å². The predicted octanol–water partition coefficient (Wildman–Crippen LogP) is 2.33. The molecule has 0 saturated heterocycles. The minimum atomic E-state index is 0.326. The molecule has 0 fully saturated rings. The lowest BCUT2D eigenvalue weighted by Gasteiger charge is -2.13. The van der Waals surface area contributed by atoms with Crippen molar-refractivity contribution in [3.8, 4) is 0 Å². The molecule has 0 radical (unpaired) electrons. The maximum atomic E-state index is 5.79. The van der Waals surface area contributed by atoms with Gasteiger partial charge in [0.25, 0.3) is 0 Å². The van der Waals surface area contributed by atoms with Crippen molar-refractivity contribution in [2.45, 2.75) is 39.2 Å². The van der Waals surface area contributed by atoms with Crippen LogP contribution >= 0.6 is 0 Å². The van der Waals surface area contributed by atoms with E-state index in [0.29, 0.717) is 6.04 Å². The highest BCUT2D eigenvalue weighted by Gasteiger charge is 2.04. The van der Waals surface area contributed by atoms with E-state index >= 15 is 0 Å². The van der Waals surface area contributed by atoms with Gasteiger partial charge < -0.3 is 5.73 Å². The molecule has 1 nitrogen and oxygen atoms in total. The van der Waals surface area contributed by atoms with Gasteiger partial charge in [0.05, 0.1) is 0 Å². The molecule has 2 atom stereocenters. The Morgan fingerprint density at radius 3 is 2.60 bits per heavy atom.